The molecule has 0 bridgehead atoms. The van der Waals surface area contributed by atoms with Gasteiger partial charge in [-0.05, 0) is 63.9 Å². The van der Waals surface area contributed by atoms with Gasteiger partial charge in [-0.2, -0.15) is 0 Å². The highest BCUT2D eigenvalue weighted by molar-refractivity contribution is 5.24. The largest absolute Gasteiger partial charge is 0.309 e. The Labute approximate surface area is 130 Å². The van der Waals surface area contributed by atoms with Gasteiger partial charge in [0.05, 0.1) is 6.04 Å². The number of likely N-dealkylation sites (tertiary alicyclic amines) is 1. The van der Waals surface area contributed by atoms with E-state index in [2.05, 4.69) is 49.0 Å². The van der Waals surface area contributed by atoms with E-state index in [-0.39, 0.29) is 5.54 Å². The van der Waals surface area contributed by atoms with Crippen molar-refractivity contribution in [3.05, 3.63) is 29.6 Å². The van der Waals surface area contributed by atoms with Crippen molar-refractivity contribution in [1.29, 1.82) is 0 Å². The summed E-state index contributed by atoms with van der Waals surface area (Å²) >= 11 is 0. The average molecular weight is 289 g/mol. The van der Waals surface area contributed by atoms with Gasteiger partial charge in [0, 0.05) is 17.9 Å². The Balaban J connectivity index is 2.32. The Morgan fingerprint density at radius 3 is 2.52 bits per heavy atom. The van der Waals surface area contributed by atoms with Crippen molar-refractivity contribution in [2.24, 2.45) is 0 Å². The van der Waals surface area contributed by atoms with Crippen LogP contribution in [0.25, 0.3) is 0 Å². The van der Waals surface area contributed by atoms with Crippen LogP contribution in [0.2, 0.25) is 0 Å². The smallest absolute Gasteiger partial charge is 0.0519 e. The zero-order chi connectivity index (χ0) is 15.3. The summed E-state index contributed by atoms with van der Waals surface area (Å²) in [5.74, 6) is 0. The molecule has 0 radical (unpaired) electrons. The molecule has 2 heterocycles. The Kier molecular flexibility index (Phi) is 5.77. The van der Waals surface area contributed by atoms with E-state index in [0.29, 0.717) is 6.04 Å². The van der Waals surface area contributed by atoms with Crippen LogP contribution in [0.1, 0.15) is 63.6 Å². The molecule has 2 unspecified atom stereocenters. The highest BCUT2D eigenvalue weighted by Gasteiger charge is 2.39. The molecular weight excluding hydrogens is 258 g/mol. The van der Waals surface area contributed by atoms with Crippen LogP contribution in [0.4, 0.5) is 0 Å². The van der Waals surface area contributed by atoms with Gasteiger partial charge in [0.15, 0.2) is 0 Å². The van der Waals surface area contributed by atoms with Gasteiger partial charge in [-0.3, -0.25) is 9.88 Å². The van der Waals surface area contributed by atoms with Crippen LogP contribution in [0.5, 0.6) is 0 Å². The third-order valence-electron chi connectivity index (χ3n) is 5.05. The van der Waals surface area contributed by atoms with Crippen LogP contribution in [-0.4, -0.2) is 35.1 Å². The van der Waals surface area contributed by atoms with Crippen molar-refractivity contribution in [2.45, 2.75) is 65.0 Å². The quantitative estimate of drug-likeness (QED) is 0.865. The predicted molar refractivity (Wildman–Crippen MR) is 89.5 cm³/mol. The van der Waals surface area contributed by atoms with Gasteiger partial charge in [-0.15, -0.1) is 0 Å². The van der Waals surface area contributed by atoms with Crippen molar-refractivity contribution in [2.75, 3.05) is 19.6 Å². The third kappa shape index (κ3) is 3.64. The van der Waals surface area contributed by atoms with E-state index in [1.165, 1.54) is 43.5 Å². The maximum absolute atomic E-state index is 4.42. The molecule has 0 aromatic carbocycles. The molecule has 1 fully saturated rings. The van der Waals surface area contributed by atoms with Gasteiger partial charge < -0.3 is 5.32 Å². The molecule has 21 heavy (non-hydrogen) atoms. The molecule has 3 nitrogen and oxygen atoms in total. The molecule has 1 aromatic heterocycles. The van der Waals surface area contributed by atoms with E-state index in [0.717, 1.165) is 13.0 Å². The molecule has 2 atom stereocenters. The first-order valence-electron chi connectivity index (χ1n) is 8.51. The highest BCUT2D eigenvalue weighted by atomic mass is 15.2. The average Bonchev–Trinajstić information content (AvgIpc) is 2.52. The van der Waals surface area contributed by atoms with Crippen molar-refractivity contribution < 1.29 is 0 Å². The summed E-state index contributed by atoms with van der Waals surface area (Å²) in [6.45, 7) is 12.5. The van der Waals surface area contributed by atoms with Crippen LogP contribution in [0, 0.1) is 6.92 Å². The van der Waals surface area contributed by atoms with Crippen LogP contribution >= 0.6 is 0 Å². The number of rotatable bonds is 6. The number of pyridine rings is 1. The highest BCUT2D eigenvalue weighted by Crippen LogP contribution is 2.36. The second-order valence-corrected chi connectivity index (χ2v) is 6.54. The van der Waals surface area contributed by atoms with Crippen molar-refractivity contribution in [1.82, 2.24) is 15.2 Å². The molecule has 1 saturated heterocycles. The van der Waals surface area contributed by atoms with E-state index in [1.807, 2.05) is 12.4 Å². The standard InChI is InChI=1S/C18H31N3/c1-5-18(4,21-10-8-7-9-11-21)17(20-6-2)16-12-15(3)13-19-14-16/h12-14,17,20H,5-11H2,1-4H3. The lowest BCUT2D eigenvalue weighted by atomic mass is 9.82. The van der Waals surface area contributed by atoms with Crippen molar-refractivity contribution in [3.8, 4) is 0 Å². The van der Waals surface area contributed by atoms with E-state index in [1.54, 1.807) is 0 Å². The van der Waals surface area contributed by atoms with Crippen molar-refractivity contribution >= 4 is 0 Å². The molecule has 1 aliphatic heterocycles. The SMILES string of the molecule is CCNC(c1cncc(C)c1)C(C)(CC)N1CCCCC1. The lowest BCUT2D eigenvalue weighted by molar-refractivity contribution is 0.0428. The molecule has 3 heteroatoms. The Bertz CT molecular complexity index is 440. The molecule has 1 aliphatic rings. The zero-order valence-corrected chi connectivity index (χ0v) is 14.2. The molecule has 2 rings (SSSR count). The van der Waals surface area contributed by atoms with Crippen LogP contribution in [-0.2, 0) is 0 Å². The number of nitrogens with one attached hydrogen (secondary N) is 1. The van der Waals surface area contributed by atoms with Gasteiger partial charge in [-0.25, -0.2) is 0 Å². The molecule has 0 aliphatic carbocycles. The predicted octanol–water partition coefficient (Wildman–Crippen LogP) is 3.70. The minimum Gasteiger partial charge on any atom is -0.309 e. The number of aryl methyl sites for hydroxylation is 1. The third-order valence-corrected chi connectivity index (χ3v) is 5.05. The van der Waals surface area contributed by atoms with Gasteiger partial charge in [0.2, 0.25) is 0 Å². The van der Waals surface area contributed by atoms with Gasteiger partial charge >= 0.3 is 0 Å². The lowest BCUT2D eigenvalue weighted by Gasteiger charge is -2.48. The van der Waals surface area contributed by atoms with Gasteiger partial charge in [0.25, 0.3) is 0 Å². The van der Waals surface area contributed by atoms with Crippen LogP contribution < -0.4 is 5.32 Å². The Hall–Kier alpha value is -0.930. The maximum Gasteiger partial charge on any atom is 0.0519 e. The van der Waals surface area contributed by atoms with Crippen LogP contribution in [0.3, 0.4) is 0 Å². The maximum atomic E-state index is 4.42. The van der Waals surface area contributed by atoms with E-state index in [4.69, 9.17) is 0 Å². The molecular formula is C18H31N3. The Morgan fingerprint density at radius 2 is 1.95 bits per heavy atom. The summed E-state index contributed by atoms with van der Waals surface area (Å²) in [5, 5.41) is 3.73. The summed E-state index contributed by atoms with van der Waals surface area (Å²) in [7, 11) is 0. The topological polar surface area (TPSA) is 28.2 Å². The molecule has 0 amide bonds. The summed E-state index contributed by atoms with van der Waals surface area (Å²) in [6, 6.07) is 2.64. The summed E-state index contributed by atoms with van der Waals surface area (Å²) in [4.78, 5) is 7.12. The van der Waals surface area contributed by atoms with Gasteiger partial charge in [0.1, 0.15) is 0 Å². The zero-order valence-electron chi connectivity index (χ0n) is 14.2. The van der Waals surface area contributed by atoms with Gasteiger partial charge in [-0.1, -0.05) is 26.3 Å². The number of hydrogen-bond acceptors (Lipinski definition) is 3. The second-order valence-electron chi connectivity index (χ2n) is 6.54. The number of nitrogens with zero attached hydrogens (tertiary/aromatic N) is 2. The number of likely N-dealkylation sites (N-methyl/N-ethyl adjacent to an activating group) is 1. The first kappa shape index (κ1) is 16.4. The number of aromatic nitrogens is 1. The number of hydrogen-bond donors (Lipinski definition) is 1. The minimum absolute atomic E-state index is 0.159. The lowest BCUT2D eigenvalue weighted by Crippen LogP contribution is -2.56. The fourth-order valence-electron chi connectivity index (χ4n) is 3.65. The fourth-order valence-corrected chi connectivity index (χ4v) is 3.65. The monoisotopic (exact) mass is 289 g/mol. The summed E-state index contributed by atoms with van der Waals surface area (Å²) < 4.78 is 0. The van der Waals surface area contributed by atoms with E-state index < -0.39 is 0 Å². The van der Waals surface area contributed by atoms with E-state index in [9.17, 15) is 0 Å². The summed E-state index contributed by atoms with van der Waals surface area (Å²) in [5.41, 5.74) is 2.73. The van der Waals surface area contributed by atoms with Crippen LogP contribution in [0.15, 0.2) is 18.5 Å². The minimum atomic E-state index is 0.159. The molecule has 118 valence electrons. The first-order valence-corrected chi connectivity index (χ1v) is 8.51. The Morgan fingerprint density at radius 1 is 1.24 bits per heavy atom. The molecule has 1 aromatic rings. The normalized spacial score (nSPS) is 21.0. The molecule has 0 saturated carbocycles. The first-order chi connectivity index (χ1) is 10.1. The summed E-state index contributed by atoms with van der Waals surface area (Å²) in [6.07, 6.45) is 9.18. The molecule has 1 N–H and O–H groups in total. The van der Waals surface area contributed by atoms with Crippen molar-refractivity contribution in [3.63, 3.8) is 0 Å². The number of piperidine rings is 1. The fraction of sp³-hybridized carbons (Fsp3) is 0.722. The second kappa shape index (κ2) is 7.37. The molecule has 0 spiro atoms. The van der Waals surface area contributed by atoms with E-state index >= 15 is 0 Å².